The Balaban J connectivity index is 2.19. The average molecular weight is 511 g/mol. The second-order valence-electron chi connectivity index (χ2n) is 9.86. The van der Waals surface area contributed by atoms with Gasteiger partial charge in [0.15, 0.2) is 5.96 Å². The van der Waals surface area contributed by atoms with Gasteiger partial charge in [0.05, 0.1) is 7.11 Å². The van der Waals surface area contributed by atoms with E-state index in [1.807, 2.05) is 39.9 Å². The minimum atomic E-state index is -0.461. The SMILES string of the molecule is Bc1ccc(OC)c(CCc2c(F)cccc2C(=O)/N=C(/NC(C)C)NC(C)CCCN(CC)CC)c1. The standard InChI is InChI=1S/C29H44BFN4O2/c1-7-35(8-2)18-10-11-21(5)33-29(32-20(3)4)34-28(36)25-12-9-13-26(31)24(25)16-14-22-19-23(30)15-17-27(22)37-6/h9,12-13,15,17,19-21H,7-8,10-11,14,16,18,30H2,1-6H3,(H2,32,33,34,36). The van der Waals surface area contributed by atoms with E-state index in [1.165, 1.54) is 6.07 Å². The van der Waals surface area contributed by atoms with Crippen molar-refractivity contribution in [1.82, 2.24) is 15.5 Å². The van der Waals surface area contributed by atoms with E-state index in [0.717, 1.165) is 49.3 Å². The first-order valence-electron chi connectivity index (χ1n) is 13.5. The third-order valence-corrected chi connectivity index (χ3v) is 6.46. The fourth-order valence-electron chi connectivity index (χ4n) is 4.38. The number of rotatable bonds is 13. The number of methoxy groups -OCH3 is 1. The van der Waals surface area contributed by atoms with Crippen molar-refractivity contribution in [3.05, 3.63) is 58.9 Å². The molecular weight excluding hydrogens is 466 g/mol. The van der Waals surface area contributed by atoms with Crippen molar-refractivity contribution in [1.29, 1.82) is 0 Å². The van der Waals surface area contributed by atoms with Crippen LogP contribution in [0, 0.1) is 5.82 Å². The molecule has 0 saturated heterocycles. The predicted octanol–water partition coefficient (Wildman–Crippen LogP) is 3.47. The van der Waals surface area contributed by atoms with E-state index in [2.05, 4.69) is 41.3 Å². The number of guanidine groups is 1. The molecule has 2 N–H and O–H groups in total. The van der Waals surface area contributed by atoms with Crippen molar-refractivity contribution in [3.8, 4) is 5.75 Å². The molecule has 0 aromatic heterocycles. The lowest BCUT2D eigenvalue weighted by molar-refractivity contribution is 0.100. The molecule has 1 amide bonds. The second-order valence-corrected chi connectivity index (χ2v) is 9.86. The number of nitrogens with zero attached hydrogens (tertiary/aromatic N) is 2. The van der Waals surface area contributed by atoms with Crippen molar-refractivity contribution in [3.63, 3.8) is 0 Å². The number of aliphatic imine (C=N–C) groups is 1. The summed E-state index contributed by atoms with van der Waals surface area (Å²) in [4.78, 5) is 20.1. The Morgan fingerprint density at radius 3 is 2.49 bits per heavy atom. The number of carbonyl (C=O) groups is 1. The zero-order valence-electron chi connectivity index (χ0n) is 23.7. The Morgan fingerprint density at radius 2 is 1.84 bits per heavy atom. The van der Waals surface area contributed by atoms with Gasteiger partial charge in [0.1, 0.15) is 19.4 Å². The summed E-state index contributed by atoms with van der Waals surface area (Å²) in [6.07, 6.45) is 2.92. The van der Waals surface area contributed by atoms with E-state index in [1.54, 1.807) is 19.2 Å². The number of hydrogen-bond acceptors (Lipinski definition) is 3. The molecule has 0 aliphatic rings. The third kappa shape index (κ3) is 9.84. The molecular formula is C29H44BFN4O2. The van der Waals surface area contributed by atoms with Crippen LogP contribution in [0.15, 0.2) is 41.4 Å². The first kappa shape index (κ1) is 30.4. The highest BCUT2D eigenvalue weighted by atomic mass is 19.1. The van der Waals surface area contributed by atoms with Crippen LogP contribution in [0.1, 0.15) is 68.9 Å². The molecule has 0 aliphatic carbocycles. The van der Waals surface area contributed by atoms with Gasteiger partial charge in [-0.1, -0.05) is 37.5 Å². The monoisotopic (exact) mass is 510 g/mol. The van der Waals surface area contributed by atoms with Crippen LogP contribution >= 0.6 is 0 Å². The van der Waals surface area contributed by atoms with Gasteiger partial charge in [-0.2, -0.15) is 4.99 Å². The van der Waals surface area contributed by atoms with E-state index in [4.69, 9.17) is 4.74 Å². The van der Waals surface area contributed by atoms with Gasteiger partial charge >= 0.3 is 0 Å². The van der Waals surface area contributed by atoms with Gasteiger partial charge in [0.25, 0.3) is 5.91 Å². The summed E-state index contributed by atoms with van der Waals surface area (Å²) in [6.45, 7) is 13.6. The molecule has 1 unspecified atom stereocenters. The zero-order valence-corrected chi connectivity index (χ0v) is 23.7. The van der Waals surface area contributed by atoms with Crippen LogP contribution in [0.3, 0.4) is 0 Å². The smallest absolute Gasteiger partial charge is 0.280 e. The Morgan fingerprint density at radius 1 is 1.11 bits per heavy atom. The summed E-state index contributed by atoms with van der Waals surface area (Å²) < 4.78 is 20.4. The van der Waals surface area contributed by atoms with Crippen LogP contribution in [0.2, 0.25) is 0 Å². The quantitative estimate of drug-likeness (QED) is 0.246. The molecule has 6 nitrogen and oxygen atoms in total. The maximum atomic E-state index is 14.9. The number of carbonyl (C=O) groups excluding carboxylic acids is 1. The second kappa shape index (κ2) is 15.4. The number of nitrogens with one attached hydrogen (secondary N) is 2. The molecule has 1 atom stereocenters. The van der Waals surface area contributed by atoms with Gasteiger partial charge in [-0.05, 0) is 89.9 Å². The van der Waals surface area contributed by atoms with Crippen molar-refractivity contribution in [2.24, 2.45) is 4.99 Å². The molecule has 37 heavy (non-hydrogen) atoms. The van der Waals surface area contributed by atoms with Crippen LogP contribution < -0.4 is 20.8 Å². The predicted molar refractivity (Wildman–Crippen MR) is 155 cm³/mol. The minimum Gasteiger partial charge on any atom is -0.496 e. The maximum Gasteiger partial charge on any atom is 0.280 e. The topological polar surface area (TPSA) is 66.0 Å². The van der Waals surface area contributed by atoms with Gasteiger partial charge in [-0.15, -0.1) is 0 Å². The van der Waals surface area contributed by atoms with Gasteiger partial charge in [0, 0.05) is 23.2 Å². The number of benzene rings is 2. The summed E-state index contributed by atoms with van der Waals surface area (Å²) in [5, 5.41) is 6.60. The number of hydrogen-bond donors (Lipinski definition) is 2. The van der Waals surface area contributed by atoms with Gasteiger partial charge < -0.3 is 20.3 Å². The van der Waals surface area contributed by atoms with E-state index < -0.39 is 11.7 Å². The average Bonchev–Trinajstić information content (AvgIpc) is 2.85. The zero-order chi connectivity index (χ0) is 27.4. The Kier molecular flexibility index (Phi) is 12.6. The van der Waals surface area contributed by atoms with Crippen molar-refractivity contribution >= 4 is 25.2 Å². The van der Waals surface area contributed by atoms with Crippen LogP contribution in [-0.2, 0) is 12.8 Å². The molecule has 2 aromatic carbocycles. The summed E-state index contributed by atoms with van der Waals surface area (Å²) in [5.41, 5.74) is 2.74. The number of amides is 1. The fourth-order valence-corrected chi connectivity index (χ4v) is 4.38. The van der Waals surface area contributed by atoms with Crippen molar-refractivity contribution in [2.75, 3.05) is 26.7 Å². The van der Waals surface area contributed by atoms with Gasteiger partial charge in [0.2, 0.25) is 0 Å². The molecule has 0 radical (unpaired) electrons. The number of ether oxygens (including phenoxy) is 1. The molecule has 0 heterocycles. The summed E-state index contributed by atoms with van der Waals surface area (Å²) in [5.74, 6) is 0.321. The lowest BCUT2D eigenvalue weighted by atomic mass is 9.91. The highest BCUT2D eigenvalue weighted by molar-refractivity contribution is 6.32. The Labute approximate surface area is 223 Å². The number of halogens is 1. The largest absolute Gasteiger partial charge is 0.496 e. The minimum absolute atomic E-state index is 0.0858. The van der Waals surface area contributed by atoms with E-state index >= 15 is 0 Å². The van der Waals surface area contributed by atoms with Crippen LogP contribution in [0.5, 0.6) is 5.75 Å². The molecule has 2 rings (SSSR count). The highest BCUT2D eigenvalue weighted by Crippen LogP contribution is 2.22. The Bertz CT molecular complexity index is 1040. The van der Waals surface area contributed by atoms with E-state index in [-0.39, 0.29) is 17.6 Å². The highest BCUT2D eigenvalue weighted by Gasteiger charge is 2.18. The molecule has 0 fully saturated rings. The van der Waals surface area contributed by atoms with Crippen molar-refractivity contribution < 1.29 is 13.9 Å². The fraction of sp³-hybridized carbons (Fsp3) is 0.517. The lowest BCUT2D eigenvalue weighted by Gasteiger charge is -2.22. The normalized spacial score (nSPS) is 12.6. The first-order chi connectivity index (χ1) is 17.7. The third-order valence-electron chi connectivity index (χ3n) is 6.46. The van der Waals surface area contributed by atoms with Crippen LogP contribution in [0.4, 0.5) is 4.39 Å². The van der Waals surface area contributed by atoms with Gasteiger partial charge in [-0.3, -0.25) is 4.79 Å². The van der Waals surface area contributed by atoms with Crippen LogP contribution in [-0.4, -0.2) is 63.4 Å². The molecule has 202 valence electrons. The number of aryl methyl sites for hydroxylation is 1. The molecule has 0 saturated carbocycles. The summed E-state index contributed by atoms with van der Waals surface area (Å²) >= 11 is 0. The van der Waals surface area contributed by atoms with E-state index in [9.17, 15) is 9.18 Å². The molecule has 0 aliphatic heterocycles. The summed E-state index contributed by atoms with van der Waals surface area (Å²) in [7, 11) is 3.64. The Hall–Kier alpha value is -2.87. The van der Waals surface area contributed by atoms with Crippen LogP contribution in [0.25, 0.3) is 0 Å². The lowest BCUT2D eigenvalue weighted by Crippen LogP contribution is -2.45. The molecule has 0 spiro atoms. The maximum absolute atomic E-state index is 14.9. The van der Waals surface area contributed by atoms with Crippen molar-refractivity contribution in [2.45, 2.75) is 72.4 Å². The molecule has 8 heteroatoms. The molecule has 2 aromatic rings. The van der Waals surface area contributed by atoms with Gasteiger partial charge in [-0.25, -0.2) is 4.39 Å². The molecule has 0 bridgehead atoms. The first-order valence-corrected chi connectivity index (χ1v) is 13.5. The summed E-state index contributed by atoms with van der Waals surface area (Å²) in [6, 6.07) is 10.8. The van der Waals surface area contributed by atoms with E-state index in [0.29, 0.717) is 24.4 Å².